The molecule has 1 atom stereocenters. The van der Waals surface area contributed by atoms with Crippen LogP contribution in [0, 0.1) is 11.7 Å². The largest absolute Gasteiger partial charge is 0.353 e. The molecule has 1 unspecified atom stereocenters. The quantitative estimate of drug-likeness (QED) is 0.139. The topological polar surface area (TPSA) is 160 Å². The smallest absolute Gasteiger partial charge is 0.224 e. The van der Waals surface area contributed by atoms with E-state index >= 15 is 0 Å². The summed E-state index contributed by atoms with van der Waals surface area (Å²) in [7, 11) is -3.63. The molecule has 0 radical (unpaired) electrons. The summed E-state index contributed by atoms with van der Waals surface area (Å²) in [6.07, 6.45) is 12.5. The lowest BCUT2D eigenvalue weighted by Gasteiger charge is -2.20. The molecule has 1 amide bonds. The summed E-state index contributed by atoms with van der Waals surface area (Å²) in [5.41, 5.74) is 12.3. The Morgan fingerprint density at radius 1 is 1.00 bits per heavy atom. The number of fused-ring (bicyclic) bond motifs is 2. The number of rotatable bonds is 8. The van der Waals surface area contributed by atoms with Gasteiger partial charge in [-0.05, 0) is 77.9 Å². The highest BCUT2D eigenvalue weighted by Gasteiger charge is 2.21. The standard InChI is InChI=1S/C35H34FN7O3S/c1-47(45,46)34(37)22-11-21(12-25(36)13-22)27-8-5-9-30-28(27)16-31(41-30)33-29-15-24(18-39-35(29)43-42-33)23-14-26(19-38-17-23)40-32(44)10-20-6-3-2-4-7-20/h5,8-9,11-20,34,41H,2-4,6-7,10,37H2,1H3,(H,40,44)(H,39,42,43). The summed E-state index contributed by atoms with van der Waals surface area (Å²) in [4.78, 5) is 25.1. The summed E-state index contributed by atoms with van der Waals surface area (Å²) in [6, 6.07) is 15.5. The normalized spacial score (nSPS) is 14.9. The average Bonchev–Trinajstić information content (AvgIpc) is 3.68. The second-order valence-corrected chi connectivity index (χ2v) is 14.6. The zero-order chi connectivity index (χ0) is 32.7. The van der Waals surface area contributed by atoms with Gasteiger partial charge in [0.1, 0.15) is 11.2 Å². The first-order chi connectivity index (χ1) is 22.6. The zero-order valence-electron chi connectivity index (χ0n) is 25.8. The molecule has 2 aromatic carbocycles. The SMILES string of the molecule is CS(=O)(=O)C(N)c1cc(F)cc(-c2cccc3[nH]c(-c4[nH]nc5ncc(-c6cncc(NC(=O)CC7CCCCC7)c6)cc45)cc23)c1. The van der Waals surface area contributed by atoms with Crippen LogP contribution in [0.3, 0.4) is 0 Å². The van der Waals surface area contributed by atoms with E-state index in [4.69, 9.17) is 5.73 Å². The summed E-state index contributed by atoms with van der Waals surface area (Å²) in [6.45, 7) is 0. The van der Waals surface area contributed by atoms with E-state index in [9.17, 15) is 17.6 Å². The molecule has 0 spiro atoms. The van der Waals surface area contributed by atoms with E-state index in [0.717, 1.165) is 58.3 Å². The van der Waals surface area contributed by atoms with Crippen molar-refractivity contribution in [2.45, 2.75) is 43.9 Å². The molecule has 47 heavy (non-hydrogen) atoms. The van der Waals surface area contributed by atoms with E-state index in [0.29, 0.717) is 40.5 Å². The van der Waals surface area contributed by atoms with Gasteiger partial charge in [0.2, 0.25) is 5.91 Å². The van der Waals surface area contributed by atoms with E-state index in [-0.39, 0.29) is 11.5 Å². The Kier molecular flexibility index (Phi) is 8.06. The molecular weight excluding hydrogens is 617 g/mol. The van der Waals surface area contributed by atoms with Crippen LogP contribution in [-0.4, -0.2) is 45.7 Å². The Morgan fingerprint density at radius 3 is 2.62 bits per heavy atom. The van der Waals surface area contributed by atoms with E-state index in [1.807, 2.05) is 36.4 Å². The van der Waals surface area contributed by atoms with Gasteiger partial charge in [-0.1, -0.05) is 31.4 Å². The fourth-order valence-electron chi connectivity index (χ4n) is 6.52. The molecule has 5 N–H and O–H groups in total. The molecule has 7 rings (SSSR count). The van der Waals surface area contributed by atoms with Gasteiger partial charge in [-0.25, -0.2) is 17.8 Å². The lowest BCUT2D eigenvalue weighted by atomic mass is 9.87. The van der Waals surface area contributed by atoms with Gasteiger partial charge in [0, 0.05) is 52.5 Å². The number of hydrogen-bond donors (Lipinski definition) is 4. The number of sulfone groups is 1. The number of anilines is 1. The third kappa shape index (κ3) is 6.38. The summed E-state index contributed by atoms with van der Waals surface area (Å²) in [5, 5.41) is 10.8. The third-order valence-electron chi connectivity index (χ3n) is 8.92. The number of nitrogens with one attached hydrogen (secondary N) is 3. The lowest BCUT2D eigenvalue weighted by Crippen LogP contribution is -2.20. The molecule has 0 aliphatic heterocycles. The van der Waals surface area contributed by atoms with Crippen LogP contribution in [0.15, 0.2) is 73.2 Å². The molecule has 1 fully saturated rings. The molecule has 240 valence electrons. The van der Waals surface area contributed by atoms with Gasteiger partial charge in [0.05, 0.1) is 23.3 Å². The van der Waals surface area contributed by atoms with Crippen molar-refractivity contribution in [3.8, 4) is 33.6 Å². The maximum atomic E-state index is 14.7. The van der Waals surface area contributed by atoms with Crippen molar-refractivity contribution < 1.29 is 17.6 Å². The Morgan fingerprint density at radius 2 is 1.81 bits per heavy atom. The minimum absolute atomic E-state index is 0.00688. The molecule has 4 aromatic heterocycles. The summed E-state index contributed by atoms with van der Waals surface area (Å²) >= 11 is 0. The third-order valence-corrected chi connectivity index (χ3v) is 10.1. The Hall–Kier alpha value is -4.94. The van der Waals surface area contributed by atoms with Crippen molar-refractivity contribution >= 4 is 43.4 Å². The Bertz CT molecular complexity index is 2240. The number of carbonyl (C=O) groups excluding carboxylic acids is 1. The molecule has 1 aliphatic carbocycles. The van der Waals surface area contributed by atoms with Crippen molar-refractivity contribution in [2.75, 3.05) is 11.6 Å². The van der Waals surface area contributed by atoms with Crippen LogP contribution < -0.4 is 11.1 Å². The first kappa shape index (κ1) is 30.7. The van der Waals surface area contributed by atoms with Crippen LogP contribution in [-0.2, 0) is 14.6 Å². The minimum Gasteiger partial charge on any atom is -0.353 e. The number of nitrogens with zero attached hydrogens (tertiary/aromatic N) is 3. The molecule has 10 nitrogen and oxygen atoms in total. The molecule has 1 saturated carbocycles. The number of aromatic amines is 2. The molecule has 0 saturated heterocycles. The van der Waals surface area contributed by atoms with Gasteiger partial charge < -0.3 is 16.0 Å². The summed E-state index contributed by atoms with van der Waals surface area (Å²) in [5.74, 6) is -0.131. The molecular formula is C35H34FN7O3S. The first-order valence-corrected chi connectivity index (χ1v) is 17.5. The van der Waals surface area contributed by atoms with Crippen molar-refractivity contribution in [1.29, 1.82) is 0 Å². The fraction of sp³-hybridized carbons (Fsp3) is 0.257. The van der Waals surface area contributed by atoms with E-state index in [1.54, 1.807) is 24.7 Å². The second-order valence-electron chi connectivity index (χ2n) is 12.4. The van der Waals surface area contributed by atoms with E-state index < -0.39 is 21.0 Å². The molecule has 4 heterocycles. The van der Waals surface area contributed by atoms with Gasteiger partial charge in [-0.2, -0.15) is 5.10 Å². The fourth-order valence-corrected chi connectivity index (χ4v) is 7.15. The van der Waals surface area contributed by atoms with E-state index in [2.05, 4.69) is 30.5 Å². The predicted molar refractivity (Wildman–Crippen MR) is 181 cm³/mol. The Labute approximate surface area is 270 Å². The number of nitrogens with two attached hydrogens (primary N) is 1. The maximum Gasteiger partial charge on any atom is 0.224 e. The van der Waals surface area contributed by atoms with Crippen LogP contribution in [0.2, 0.25) is 0 Å². The number of carbonyl (C=O) groups is 1. The van der Waals surface area contributed by atoms with Crippen LogP contribution >= 0.6 is 0 Å². The number of benzene rings is 2. The highest BCUT2D eigenvalue weighted by atomic mass is 32.2. The highest BCUT2D eigenvalue weighted by molar-refractivity contribution is 7.90. The zero-order valence-corrected chi connectivity index (χ0v) is 26.6. The second kappa shape index (κ2) is 12.3. The molecule has 6 aromatic rings. The van der Waals surface area contributed by atoms with Crippen molar-refractivity contribution in [2.24, 2.45) is 11.7 Å². The number of H-pyrrole nitrogens is 2. The van der Waals surface area contributed by atoms with Crippen molar-refractivity contribution in [3.63, 3.8) is 0 Å². The maximum absolute atomic E-state index is 14.7. The first-order valence-electron chi connectivity index (χ1n) is 15.6. The lowest BCUT2D eigenvalue weighted by molar-refractivity contribution is -0.117. The predicted octanol–water partition coefficient (Wildman–Crippen LogP) is 6.89. The number of amides is 1. The number of aromatic nitrogens is 5. The number of halogens is 1. The molecule has 12 heteroatoms. The van der Waals surface area contributed by atoms with Crippen LogP contribution in [0.1, 0.15) is 49.5 Å². The van der Waals surface area contributed by atoms with Gasteiger partial charge in [0.15, 0.2) is 15.5 Å². The molecule has 1 aliphatic rings. The van der Waals surface area contributed by atoms with Crippen molar-refractivity contribution in [1.82, 2.24) is 25.1 Å². The summed E-state index contributed by atoms with van der Waals surface area (Å²) < 4.78 is 38.9. The average molecular weight is 652 g/mol. The van der Waals surface area contributed by atoms with Crippen molar-refractivity contribution in [3.05, 3.63) is 84.6 Å². The molecule has 0 bridgehead atoms. The van der Waals surface area contributed by atoms with Crippen LogP contribution in [0.5, 0.6) is 0 Å². The number of pyridine rings is 2. The van der Waals surface area contributed by atoms with Crippen LogP contribution in [0.25, 0.3) is 55.6 Å². The van der Waals surface area contributed by atoms with Gasteiger partial charge >= 0.3 is 0 Å². The Balaban J connectivity index is 1.20. The van der Waals surface area contributed by atoms with Gasteiger partial charge in [-0.3, -0.25) is 14.9 Å². The van der Waals surface area contributed by atoms with Gasteiger partial charge in [0.25, 0.3) is 0 Å². The highest BCUT2D eigenvalue weighted by Crippen LogP contribution is 2.36. The van der Waals surface area contributed by atoms with Crippen LogP contribution in [0.4, 0.5) is 10.1 Å². The van der Waals surface area contributed by atoms with E-state index in [1.165, 1.54) is 25.3 Å². The van der Waals surface area contributed by atoms with Gasteiger partial charge in [-0.15, -0.1) is 0 Å². The minimum atomic E-state index is -3.63. The number of hydrogen-bond acceptors (Lipinski definition) is 7. The monoisotopic (exact) mass is 651 g/mol.